The Morgan fingerprint density at radius 2 is 2.00 bits per heavy atom. The van der Waals surface area contributed by atoms with Gasteiger partial charge in [0, 0.05) is 17.7 Å². The van der Waals surface area contributed by atoms with Crippen molar-refractivity contribution in [1.82, 2.24) is 14.9 Å². The molecule has 0 aliphatic carbocycles. The summed E-state index contributed by atoms with van der Waals surface area (Å²) in [5.41, 5.74) is 0.0953. The quantitative estimate of drug-likeness (QED) is 0.505. The number of nitro groups is 1. The summed E-state index contributed by atoms with van der Waals surface area (Å²) in [5.74, 6) is -0.0107. The number of carbonyl (C=O) groups is 1. The monoisotopic (exact) mass is 396 g/mol. The third-order valence-corrected chi connectivity index (χ3v) is 4.49. The zero-order chi connectivity index (χ0) is 21.1. The third-order valence-electron chi connectivity index (χ3n) is 4.49. The van der Waals surface area contributed by atoms with Crippen LogP contribution in [-0.2, 0) is 6.54 Å². The Balaban J connectivity index is 1.96. The van der Waals surface area contributed by atoms with Gasteiger partial charge in [-0.1, -0.05) is 12.1 Å². The molecule has 2 aromatic carbocycles. The van der Waals surface area contributed by atoms with Crippen LogP contribution < -0.4 is 10.3 Å². The Labute approximate surface area is 166 Å². The van der Waals surface area contributed by atoms with E-state index in [1.165, 1.54) is 30.2 Å². The zero-order valence-corrected chi connectivity index (χ0v) is 16.2. The number of H-pyrrole nitrogens is 1. The molecule has 1 aromatic heterocycles. The van der Waals surface area contributed by atoms with Crippen LogP contribution in [-0.4, -0.2) is 38.8 Å². The molecule has 1 N–H and O–H groups in total. The normalized spacial score (nSPS) is 10.9. The number of fused-ring (bicyclic) bond motifs is 1. The maximum absolute atomic E-state index is 13.1. The van der Waals surface area contributed by atoms with E-state index in [2.05, 4.69) is 9.97 Å². The van der Waals surface area contributed by atoms with Crippen LogP contribution >= 0.6 is 0 Å². The molecule has 0 saturated carbocycles. The van der Waals surface area contributed by atoms with Gasteiger partial charge in [-0.3, -0.25) is 19.7 Å². The molecule has 0 aliphatic heterocycles. The number of methoxy groups -OCH3 is 1. The van der Waals surface area contributed by atoms with E-state index in [0.29, 0.717) is 16.7 Å². The average molecular weight is 396 g/mol. The van der Waals surface area contributed by atoms with Crippen molar-refractivity contribution in [2.24, 2.45) is 0 Å². The minimum atomic E-state index is -0.600. The van der Waals surface area contributed by atoms with Crippen LogP contribution in [0.2, 0.25) is 0 Å². The van der Waals surface area contributed by atoms with Crippen molar-refractivity contribution in [3.05, 3.63) is 74.3 Å². The first-order chi connectivity index (χ1) is 13.8. The van der Waals surface area contributed by atoms with Crippen molar-refractivity contribution in [3.63, 3.8) is 0 Å². The van der Waals surface area contributed by atoms with Crippen molar-refractivity contribution >= 4 is 22.5 Å². The molecule has 3 aromatic rings. The number of nitrogens with one attached hydrogen (secondary N) is 1. The maximum Gasteiger partial charge on any atom is 0.311 e. The summed E-state index contributed by atoms with van der Waals surface area (Å²) in [6, 6.07) is 10.7. The van der Waals surface area contributed by atoms with E-state index in [1.54, 1.807) is 24.3 Å². The van der Waals surface area contributed by atoms with Gasteiger partial charge in [-0.15, -0.1) is 0 Å². The molecule has 0 saturated heterocycles. The molecule has 0 aliphatic rings. The average Bonchev–Trinajstić information content (AvgIpc) is 2.70. The van der Waals surface area contributed by atoms with Gasteiger partial charge >= 0.3 is 5.69 Å². The summed E-state index contributed by atoms with van der Waals surface area (Å²) in [5, 5.41) is 11.7. The zero-order valence-electron chi connectivity index (χ0n) is 16.2. The highest BCUT2D eigenvalue weighted by Gasteiger charge is 2.24. The molecule has 150 valence electrons. The van der Waals surface area contributed by atoms with Crippen LogP contribution in [0.5, 0.6) is 5.75 Å². The second kappa shape index (κ2) is 8.09. The van der Waals surface area contributed by atoms with E-state index >= 15 is 0 Å². The lowest BCUT2D eigenvalue weighted by molar-refractivity contribution is -0.385. The molecule has 9 heteroatoms. The summed E-state index contributed by atoms with van der Waals surface area (Å²) >= 11 is 0. The van der Waals surface area contributed by atoms with E-state index in [0.717, 1.165) is 0 Å². The Hall–Kier alpha value is -3.75. The number of nitro benzene ring substituents is 1. The summed E-state index contributed by atoms with van der Waals surface area (Å²) in [6.45, 7) is 3.68. The Kier molecular flexibility index (Phi) is 5.58. The number of ether oxygens (including phenoxy) is 1. The van der Waals surface area contributed by atoms with Gasteiger partial charge in [-0.2, -0.15) is 0 Å². The van der Waals surface area contributed by atoms with Crippen LogP contribution in [0, 0.1) is 10.1 Å². The Morgan fingerprint density at radius 1 is 1.28 bits per heavy atom. The van der Waals surface area contributed by atoms with Gasteiger partial charge in [-0.05, 0) is 38.1 Å². The molecule has 3 rings (SSSR count). The lowest BCUT2D eigenvalue weighted by Crippen LogP contribution is -2.37. The highest BCUT2D eigenvalue weighted by molar-refractivity contribution is 5.95. The van der Waals surface area contributed by atoms with Crippen LogP contribution in [0.4, 0.5) is 5.69 Å². The van der Waals surface area contributed by atoms with E-state index < -0.39 is 10.8 Å². The third kappa shape index (κ3) is 4.08. The fourth-order valence-corrected chi connectivity index (χ4v) is 2.99. The molecular weight excluding hydrogens is 376 g/mol. The SMILES string of the molecule is COc1ccc(C(=O)N(Cc2nc3ccccc3c(=O)[nH]2)C(C)C)cc1[N+](=O)[O-]. The molecule has 1 amide bonds. The second-order valence-electron chi connectivity index (χ2n) is 6.70. The molecule has 0 atom stereocenters. The van der Waals surface area contributed by atoms with Gasteiger partial charge in [-0.25, -0.2) is 4.98 Å². The predicted octanol–water partition coefficient (Wildman–Crippen LogP) is 2.89. The van der Waals surface area contributed by atoms with Crippen LogP contribution in [0.3, 0.4) is 0 Å². The first kappa shape index (κ1) is 20.0. The number of aromatic nitrogens is 2. The minimum Gasteiger partial charge on any atom is -0.490 e. The second-order valence-corrected chi connectivity index (χ2v) is 6.70. The van der Waals surface area contributed by atoms with Crippen molar-refractivity contribution in [3.8, 4) is 5.75 Å². The molecule has 0 fully saturated rings. The highest BCUT2D eigenvalue weighted by Crippen LogP contribution is 2.28. The van der Waals surface area contributed by atoms with Gasteiger partial charge in [0.15, 0.2) is 5.75 Å². The summed E-state index contributed by atoms with van der Waals surface area (Å²) in [6.07, 6.45) is 0. The number of rotatable bonds is 6. The smallest absolute Gasteiger partial charge is 0.311 e. The molecule has 1 heterocycles. The maximum atomic E-state index is 13.1. The fourth-order valence-electron chi connectivity index (χ4n) is 2.99. The van der Waals surface area contributed by atoms with Crippen LogP contribution in [0.1, 0.15) is 30.0 Å². The number of amides is 1. The van der Waals surface area contributed by atoms with Gasteiger partial charge in [0.1, 0.15) is 5.82 Å². The number of para-hydroxylation sites is 1. The first-order valence-corrected chi connectivity index (χ1v) is 8.93. The van der Waals surface area contributed by atoms with Gasteiger partial charge in [0.2, 0.25) is 0 Å². The number of hydrogen-bond acceptors (Lipinski definition) is 6. The van der Waals surface area contributed by atoms with Crippen LogP contribution in [0.15, 0.2) is 47.3 Å². The Morgan fingerprint density at radius 3 is 2.66 bits per heavy atom. The van der Waals surface area contributed by atoms with Crippen molar-refractivity contribution < 1.29 is 14.5 Å². The number of hydrogen-bond donors (Lipinski definition) is 1. The van der Waals surface area contributed by atoms with E-state index in [9.17, 15) is 19.7 Å². The summed E-state index contributed by atoms with van der Waals surface area (Å²) in [4.78, 5) is 44.6. The standard InChI is InChI=1S/C20H20N4O5/c1-12(2)23(11-18-21-15-7-5-4-6-14(15)19(25)22-18)20(26)13-8-9-17(29-3)16(10-13)24(27)28/h4-10,12H,11H2,1-3H3,(H,21,22,25). The molecule has 9 nitrogen and oxygen atoms in total. The van der Waals surface area contributed by atoms with Crippen LogP contribution in [0.25, 0.3) is 10.9 Å². The molecule has 0 spiro atoms. The van der Waals surface area contributed by atoms with E-state index in [-0.39, 0.29) is 35.1 Å². The number of nitrogens with zero attached hydrogens (tertiary/aromatic N) is 3. The lowest BCUT2D eigenvalue weighted by atomic mass is 10.1. The lowest BCUT2D eigenvalue weighted by Gasteiger charge is -2.26. The predicted molar refractivity (Wildman–Crippen MR) is 107 cm³/mol. The van der Waals surface area contributed by atoms with Crippen molar-refractivity contribution in [2.45, 2.75) is 26.4 Å². The van der Waals surface area contributed by atoms with Crippen molar-refractivity contribution in [2.75, 3.05) is 7.11 Å². The topological polar surface area (TPSA) is 118 Å². The van der Waals surface area contributed by atoms with E-state index in [4.69, 9.17) is 4.74 Å². The molecular formula is C20H20N4O5. The minimum absolute atomic E-state index is 0.0520. The number of carbonyl (C=O) groups excluding carboxylic acids is 1. The summed E-state index contributed by atoms with van der Waals surface area (Å²) < 4.78 is 4.98. The van der Waals surface area contributed by atoms with E-state index in [1.807, 2.05) is 13.8 Å². The van der Waals surface area contributed by atoms with Gasteiger partial charge < -0.3 is 14.6 Å². The van der Waals surface area contributed by atoms with Crippen molar-refractivity contribution in [1.29, 1.82) is 0 Å². The largest absolute Gasteiger partial charge is 0.490 e. The summed E-state index contributed by atoms with van der Waals surface area (Å²) in [7, 11) is 1.33. The molecule has 29 heavy (non-hydrogen) atoms. The number of aromatic amines is 1. The fraction of sp³-hybridized carbons (Fsp3) is 0.250. The van der Waals surface area contributed by atoms with Gasteiger partial charge in [0.05, 0.1) is 29.5 Å². The molecule has 0 unspecified atom stereocenters. The first-order valence-electron chi connectivity index (χ1n) is 8.93. The highest BCUT2D eigenvalue weighted by atomic mass is 16.6. The number of benzene rings is 2. The van der Waals surface area contributed by atoms with Gasteiger partial charge in [0.25, 0.3) is 11.5 Å². The molecule has 0 radical (unpaired) electrons. The molecule has 0 bridgehead atoms. The Bertz CT molecular complexity index is 1140.